The Kier molecular flexibility index (Phi) is 4.77. The molecule has 0 spiro atoms. The van der Waals surface area contributed by atoms with Gasteiger partial charge in [0.25, 0.3) is 5.56 Å². The maximum absolute atomic E-state index is 14.5. The molecule has 8 nitrogen and oxygen atoms in total. The number of benzene rings is 1. The Balaban J connectivity index is 1.32. The molecule has 2 aliphatic carbocycles. The lowest BCUT2D eigenvalue weighted by Crippen LogP contribution is -2.44. The lowest BCUT2D eigenvalue weighted by Gasteiger charge is -2.31. The molecule has 5 heterocycles. The number of pyridine rings is 2. The maximum Gasteiger partial charge on any atom is 0.343 e. The molecule has 0 radical (unpaired) electrons. The predicted molar refractivity (Wildman–Crippen MR) is 141 cm³/mol. The molecule has 1 aromatic carbocycles. The van der Waals surface area contributed by atoms with E-state index in [0.29, 0.717) is 22.8 Å². The summed E-state index contributed by atoms with van der Waals surface area (Å²) in [6, 6.07) is 6.64. The van der Waals surface area contributed by atoms with E-state index in [0.717, 1.165) is 37.0 Å². The van der Waals surface area contributed by atoms with Crippen LogP contribution in [0.2, 0.25) is 0 Å². The van der Waals surface area contributed by atoms with Gasteiger partial charge in [-0.15, -0.1) is 0 Å². The number of carbonyl (C=O) groups is 1. The number of hydrogen-bond donors (Lipinski definition) is 1. The van der Waals surface area contributed by atoms with E-state index in [4.69, 9.17) is 4.74 Å². The van der Waals surface area contributed by atoms with Gasteiger partial charge in [0.1, 0.15) is 12.4 Å². The highest BCUT2D eigenvalue weighted by molar-refractivity contribution is 5.88. The fourth-order valence-corrected chi connectivity index (χ4v) is 7.97. The average molecular weight is 532 g/mol. The second-order valence-corrected chi connectivity index (χ2v) is 12.1. The third-order valence-corrected chi connectivity index (χ3v) is 10.2. The lowest BCUT2D eigenvalue weighted by atomic mass is 9.85. The summed E-state index contributed by atoms with van der Waals surface area (Å²) < 4.78 is 23.4. The largest absolute Gasteiger partial charge is 0.458 e. The van der Waals surface area contributed by atoms with Crippen LogP contribution in [-0.2, 0) is 28.3 Å². The number of likely N-dealkylation sites (tertiary alicyclic amines) is 1. The van der Waals surface area contributed by atoms with Gasteiger partial charge in [0.2, 0.25) is 0 Å². The third kappa shape index (κ3) is 3.14. The molecule has 2 unspecified atom stereocenters. The first-order valence-corrected chi connectivity index (χ1v) is 14.1. The zero-order valence-corrected chi connectivity index (χ0v) is 21.8. The van der Waals surface area contributed by atoms with E-state index in [9.17, 15) is 23.9 Å². The van der Waals surface area contributed by atoms with Gasteiger partial charge in [-0.25, -0.2) is 9.18 Å². The first-order chi connectivity index (χ1) is 18.8. The van der Waals surface area contributed by atoms with Crippen molar-refractivity contribution in [2.45, 2.75) is 69.9 Å². The van der Waals surface area contributed by atoms with Crippen LogP contribution in [0.5, 0.6) is 0 Å². The molecule has 5 aliphatic rings. The number of cyclic esters (lactones) is 1. The summed E-state index contributed by atoms with van der Waals surface area (Å²) in [5, 5.41) is 11.5. The molecule has 1 N–H and O–H groups in total. The minimum absolute atomic E-state index is 0.0303. The van der Waals surface area contributed by atoms with Gasteiger partial charge >= 0.3 is 5.97 Å². The minimum Gasteiger partial charge on any atom is -0.458 e. The molecule has 39 heavy (non-hydrogen) atoms. The molecule has 8 rings (SSSR count). The van der Waals surface area contributed by atoms with Crippen molar-refractivity contribution in [3.8, 4) is 11.3 Å². The Morgan fingerprint density at radius 2 is 1.90 bits per heavy atom. The number of nitrogens with zero attached hydrogens (tertiary/aromatic N) is 3. The second kappa shape index (κ2) is 7.88. The second-order valence-electron chi connectivity index (χ2n) is 12.1. The summed E-state index contributed by atoms with van der Waals surface area (Å²) in [6.45, 7) is 3.46. The Hall–Kier alpha value is -3.30. The molecular weight excluding hydrogens is 501 g/mol. The quantitative estimate of drug-likeness (QED) is 0.409. The molecule has 2 saturated carbocycles. The van der Waals surface area contributed by atoms with Crippen LogP contribution in [0.1, 0.15) is 61.9 Å². The van der Waals surface area contributed by atoms with Crippen molar-refractivity contribution in [1.82, 2.24) is 14.0 Å². The van der Waals surface area contributed by atoms with E-state index in [-0.39, 0.29) is 53.1 Å². The van der Waals surface area contributed by atoms with Crippen molar-refractivity contribution in [3.05, 3.63) is 67.5 Å². The molecule has 4 atom stereocenters. The normalized spacial score (nSPS) is 30.7. The molecular formula is C30H30FN3O5. The number of ether oxygens (including phenoxy) is 1. The number of halogens is 1. The Labute approximate surface area is 223 Å². The van der Waals surface area contributed by atoms with Crippen molar-refractivity contribution in [3.63, 3.8) is 0 Å². The number of hydrogen-bond acceptors (Lipinski definition) is 6. The number of rotatable bonds is 3. The summed E-state index contributed by atoms with van der Waals surface area (Å²) in [4.78, 5) is 42.8. The number of fused-ring (bicyclic) bond motifs is 6. The van der Waals surface area contributed by atoms with Gasteiger partial charge in [-0.2, -0.15) is 0 Å². The number of aliphatic hydroxyl groups is 1. The monoisotopic (exact) mass is 531 g/mol. The first kappa shape index (κ1) is 23.6. The van der Waals surface area contributed by atoms with E-state index in [1.165, 1.54) is 31.4 Å². The zero-order chi connectivity index (χ0) is 26.8. The van der Waals surface area contributed by atoms with Gasteiger partial charge in [0.05, 0.1) is 34.6 Å². The standard InChI is InChI=1S/C30H30FN3O5/c1-2-30(38)22-11-24-26-25(13-33(24)28(36)21(22)14-39-29(30)37)34(23-4-3-17(31)10-20(23)27(26)35)18-5-6-32(12-18)19-8-15-7-16(15)9-19/h3-4,10-11,15-16,18-19,38H,2,5-9,12-14H2,1H3/t15?,16?,18-,19?,30+/m1/s1. The fourth-order valence-electron chi connectivity index (χ4n) is 7.97. The highest BCUT2D eigenvalue weighted by Gasteiger charge is 2.49. The van der Waals surface area contributed by atoms with Crippen molar-refractivity contribution >= 4 is 16.9 Å². The van der Waals surface area contributed by atoms with Gasteiger partial charge < -0.3 is 19.0 Å². The molecule has 3 aliphatic heterocycles. The highest BCUT2D eigenvalue weighted by atomic mass is 19.1. The summed E-state index contributed by atoms with van der Waals surface area (Å²) in [6.07, 6.45) is 4.84. The lowest BCUT2D eigenvalue weighted by molar-refractivity contribution is -0.172. The van der Waals surface area contributed by atoms with Crippen LogP contribution >= 0.6 is 0 Å². The highest BCUT2D eigenvalue weighted by Crippen LogP contribution is 2.53. The van der Waals surface area contributed by atoms with E-state index >= 15 is 0 Å². The van der Waals surface area contributed by atoms with Gasteiger partial charge in [0, 0.05) is 36.1 Å². The summed E-state index contributed by atoms with van der Waals surface area (Å²) in [5.74, 6) is 0.487. The number of carbonyl (C=O) groups excluding carboxylic acids is 1. The molecule has 2 aromatic heterocycles. The van der Waals surface area contributed by atoms with Crippen molar-refractivity contribution in [1.29, 1.82) is 0 Å². The number of esters is 1. The van der Waals surface area contributed by atoms with Crippen molar-refractivity contribution in [2.24, 2.45) is 11.8 Å². The minimum atomic E-state index is -1.96. The van der Waals surface area contributed by atoms with E-state index in [2.05, 4.69) is 9.47 Å². The topological polar surface area (TPSA) is 93.8 Å². The van der Waals surface area contributed by atoms with Gasteiger partial charge in [0.15, 0.2) is 11.0 Å². The van der Waals surface area contributed by atoms with Crippen LogP contribution in [0.15, 0.2) is 33.9 Å². The van der Waals surface area contributed by atoms with Crippen LogP contribution in [0, 0.1) is 17.7 Å². The Bertz CT molecular complexity index is 1720. The molecule has 9 heteroatoms. The third-order valence-electron chi connectivity index (χ3n) is 10.2. The molecule has 202 valence electrons. The molecule has 3 fully saturated rings. The summed E-state index contributed by atoms with van der Waals surface area (Å²) in [7, 11) is 0. The van der Waals surface area contributed by atoms with Crippen LogP contribution in [-0.4, -0.2) is 44.2 Å². The first-order valence-electron chi connectivity index (χ1n) is 14.1. The van der Waals surface area contributed by atoms with E-state index in [1.54, 1.807) is 23.6 Å². The van der Waals surface area contributed by atoms with Crippen LogP contribution in [0.4, 0.5) is 4.39 Å². The van der Waals surface area contributed by atoms with Crippen LogP contribution < -0.4 is 11.0 Å². The molecule has 0 amide bonds. The smallest absolute Gasteiger partial charge is 0.343 e. The molecule has 0 bridgehead atoms. The Morgan fingerprint density at radius 3 is 2.67 bits per heavy atom. The van der Waals surface area contributed by atoms with Gasteiger partial charge in [-0.3, -0.25) is 14.5 Å². The van der Waals surface area contributed by atoms with E-state index in [1.807, 2.05) is 0 Å². The van der Waals surface area contributed by atoms with E-state index < -0.39 is 17.4 Å². The summed E-state index contributed by atoms with van der Waals surface area (Å²) in [5.41, 5.74) is -0.122. The maximum atomic E-state index is 14.5. The van der Waals surface area contributed by atoms with Gasteiger partial charge in [-0.1, -0.05) is 6.92 Å². The van der Waals surface area contributed by atoms with Crippen molar-refractivity contribution < 1.29 is 19.0 Å². The van der Waals surface area contributed by atoms with Crippen molar-refractivity contribution in [2.75, 3.05) is 13.1 Å². The number of aromatic nitrogens is 2. The average Bonchev–Trinajstić information content (AvgIpc) is 3.30. The van der Waals surface area contributed by atoms with Crippen LogP contribution in [0.3, 0.4) is 0 Å². The predicted octanol–water partition coefficient (Wildman–Crippen LogP) is 3.03. The fraction of sp³-hybridized carbons (Fsp3) is 0.500. The van der Waals surface area contributed by atoms with Gasteiger partial charge in [-0.05, 0) is 68.2 Å². The SMILES string of the molecule is CC[C@@]1(O)C(=O)OCc2c1cc1n(c2=O)Cc2c-1c(=O)c1cc(F)ccc1n2[C@@H]1CCN(C2CC3CC3C2)C1. The Morgan fingerprint density at radius 1 is 1.10 bits per heavy atom. The van der Waals surface area contributed by atoms with Crippen LogP contribution in [0.25, 0.3) is 22.2 Å². The molecule has 1 saturated heterocycles. The molecule has 3 aromatic rings. The zero-order valence-electron chi connectivity index (χ0n) is 21.8. The summed E-state index contributed by atoms with van der Waals surface area (Å²) >= 11 is 0.